The predicted molar refractivity (Wildman–Crippen MR) is 65.6 cm³/mol. The molecule has 1 N–H and O–H groups in total. The van der Waals surface area contributed by atoms with Gasteiger partial charge in [0.15, 0.2) is 0 Å². The van der Waals surface area contributed by atoms with Gasteiger partial charge in [-0.1, -0.05) is 35.3 Å². The maximum absolute atomic E-state index is 13.0. The monoisotopic (exact) mass is 271 g/mol. The number of hydrogen-bond acceptors (Lipinski definition) is 2. The van der Waals surface area contributed by atoms with Crippen LogP contribution < -0.4 is 0 Å². The first-order valence-electron chi connectivity index (χ1n) is 4.83. The minimum absolute atomic E-state index is 0.317. The van der Waals surface area contributed by atoms with Crippen molar-refractivity contribution < 1.29 is 9.50 Å². The van der Waals surface area contributed by atoms with Crippen molar-refractivity contribution >= 4 is 23.2 Å². The summed E-state index contributed by atoms with van der Waals surface area (Å²) in [6, 6.07) is 6.30. The second-order valence-corrected chi connectivity index (χ2v) is 4.21. The Morgan fingerprint density at radius 3 is 2.76 bits per heavy atom. The highest BCUT2D eigenvalue weighted by molar-refractivity contribution is 6.43. The van der Waals surface area contributed by atoms with Gasteiger partial charge in [-0.15, -0.1) is 0 Å². The van der Waals surface area contributed by atoms with Crippen LogP contribution in [0.1, 0.15) is 5.56 Å². The number of rotatable bonds is 2. The molecule has 0 saturated carbocycles. The molecular weight excluding hydrogens is 264 g/mol. The lowest BCUT2D eigenvalue weighted by atomic mass is 10.1. The van der Waals surface area contributed by atoms with Gasteiger partial charge in [0.05, 0.1) is 28.5 Å². The molecule has 2 aromatic rings. The average Bonchev–Trinajstić information content (AvgIpc) is 2.33. The van der Waals surface area contributed by atoms with Gasteiger partial charge in [0.2, 0.25) is 0 Å². The summed E-state index contributed by atoms with van der Waals surface area (Å²) in [5, 5.41) is 9.91. The topological polar surface area (TPSA) is 33.1 Å². The van der Waals surface area contributed by atoms with Crippen LogP contribution in [0.3, 0.4) is 0 Å². The molecule has 0 aliphatic rings. The molecule has 0 amide bonds. The van der Waals surface area contributed by atoms with Gasteiger partial charge in [0.25, 0.3) is 0 Å². The standard InChI is InChI=1S/C12H8Cl2FNO/c13-10-3-1-2-9(11(10)14)12-7(6-17)4-8(15)5-16-12/h1-5,17H,6H2. The van der Waals surface area contributed by atoms with E-state index in [-0.39, 0.29) is 6.61 Å². The van der Waals surface area contributed by atoms with Gasteiger partial charge in [-0.3, -0.25) is 4.98 Å². The summed E-state index contributed by atoms with van der Waals surface area (Å²) in [7, 11) is 0. The van der Waals surface area contributed by atoms with Crippen molar-refractivity contribution in [1.82, 2.24) is 4.98 Å². The normalized spacial score (nSPS) is 10.6. The fourth-order valence-electron chi connectivity index (χ4n) is 1.53. The van der Waals surface area contributed by atoms with Crippen LogP contribution in [-0.4, -0.2) is 10.1 Å². The summed E-state index contributed by atoms with van der Waals surface area (Å²) >= 11 is 11.9. The van der Waals surface area contributed by atoms with Crippen molar-refractivity contribution in [3.63, 3.8) is 0 Å². The van der Waals surface area contributed by atoms with Crippen LogP contribution in [0, 0.1) is 5.82 Å². The Morgan fingerprint density at radius 1 is 1.29 bits per heavy atom. The number of nitrogens with zero attached hydrogens (tertiary/aromatic N) is 1. The largest absolute Gasteiger partial charge is 0.392 e. The fraction of sp³-hybridized carbons (Fsp3) is 0.0833. The molecule has 0 saturated heterocycles. The predicted octanol–water partition coefficient (Wildman–Crippen LogP) is 3.69. The van der Waals surface area contributed by atoms with Crippen molar-refractivity contribution in [2.45, 2.75) is 6.61 Å². The first-order valence-corrected chi connectivity index (χ1v) is 5.58. The Labute approximate surface area is 108 Å². The van der Waals surface area contributed by atoms with Crippen molar-refractivity contribution in [2.24, 2.45) is 0 Å². The first kappa shape index (κ1) is 12.3. The van der Waals surface area contributed by atoms with Crippen LogP contribution >= 0.6 is 23.2 Å². The zero-order valence-electron chi connectivity index (χ0n) is 8.62. The van der Waals surface area contributed by atoms with E-state index in [1.54, 1.807) is 18.2 Å². The molecule has 0 spiro atoms. The van der Waals surface area contributed by atoms with Gasteiger partial charge in [0, 0.05) is 11.1 Å². The molecule has 17 heavy (non-hydrogen) atoms. The Bertz CT molecular complexity index is 560. The van der Waals surface area contributed by atoms with Crippen molar-refractivity contribution in [2.75, 3.05) is 0 Å². The molecule has 0 aliphatic carbocycles. The number of benzene rings is 1. The summed E-state index contributed by atoms with van der Waals surface area (Å²) < 4.78 is 13.0. The zero-order valence-corrected chi connectivity index (χ0v) is 10.1. The van der Waals surface area contributed by atoms with E-state index in [9.17, 15) is 9.50 Å². The molecule has 0 atom stereocenters. The van der Waals surface area contributed by atoms with Crippen LogP contribution in [0.5, 0.6) is 0 Å². The summed E-state index contributed by atoms with van der Waals surface area (Å²) in [6.45, 7) is -0.317. The zero-order chi connectivity index (χ0) is 12.4. The molecule has 0 unspecified atom stereocenters. The number of aromatic nitrogens is 1. The molecule has 0 aliphatic heterocycles. The van der Waals surface area contributed by atoms with Crippen LogP contribution in [0.4, 0.5) is 4.39 Å². The third-order valence-corrected chi connectivity index (χ3v) is 3.13. The summed E-state index contributed by atoms with van der Waals surface area (Å²) in [4.78, 5) is 3.94. The summed E-state index contributed by atoms with van der Waals surface area (Å²) in [5.41, 5.74) is 1.37. The van der Waals surface area contributed by atoms with E-state index in [0.717, 1.165) is 6.20 Å². The van der Waals surface area contributed by atoms with Gasteiger partial charge >= 0.3 is 0 Å². The first-order chi connectivity index (χ1) is 8.13. The Hall–Kier alpha value is -1.16. The van der Waals surface area contributed by atoms with E-state index < -0.39 is 5.82 Å². The maximum atomic E-state index is 13.0. The molecule has 88 valence electrons. The van der Waals surface area contributed by atoms with E-state index in [0.29, 0.717) is 26.9 Å². The Kier molecular flexibility index (Phi) is 3.62. The minimum Gasteiger partial charge on any atom is -0.392 e. The summed E-state index contributed by atoms with van der Waals surface area (Å²) in [6.07, 6.45) is 1.08. The molecule has 2 nitrogen and oxygen atoms in total. The van der Waals surface area contributed by atoms with E-state index in [1.807, 2.05) is 0 Å². The van der Waals surface area contributed by atoms with Crippen molar-refractivity contribution in [3.05, 3.63) is 51.9 Å². The van der Waals surface area contributed by atoms with Crippen LogP contribution in [0.15, 0.2) is 30.5 Å². The van der Waals surface area contributed by atoms with Crippen LogP contribution in [0.25, 0.3) is 11.3 Å². The highest BCUT2D eigenvalue weighted by Crippen LogP contribution is 2.34. The second kappa shape index (κ2) is 5.00. The number of pyridine rings is 1. The average molecular weight is 272 g/mol. The number of hydrogen-bond donors (Lipinski definition) is 1. The SMILES string of the molecule is OCc1cc(F)cnc1-c1cccc(Cl)c1Cl. The van der Waals surface area contributed by atoms with Gasteiger partial charge < -0.3 is 5.11 Å². The third kappa shape index (κ3) is 2.41. The quantitative estimate of drug-likeness (QED) is 0.904. The van der Waals surface area contributed by atoms with Gasteiger partial charge in [-0.25, -0.2) is 4.39 Å². The molecule has 0 bridgehead atoms. The van der Waals surface area contributed by atoms with Gasteiger partial charge in [0.1, 0.15) is 5.82 Å². The molecule has 1 aromatic carbocycles. The Morgan fingerprint density at radius 2 is 2.06 bits per heavy atom. The lowest BCUT2D eigenvalue weighted by molar-refractivity contribution is 0.281. The number of aliphatic hydroxyl groups is 1. The van der Waals surface area contributed by atoms with Crippen LogP contribution in [-0.2, 0) is 6.61 Å². The van der Waals surface area contributed by atoms with Crippen molar-refractivity contribution in [3.8, 4) is 11.3 Å². The molecule has 1 aromatic heterocycles. The molecule has 1 heterocycles. The highest BCUT2D eigenvalue weighted by atomic mass is 35.5. The molecular formula is C12H8Cl2FNO. The van der Waals surface area contributed by atoms with Crippen LogP contribution in [0.2, 0.25) is 10.0 Å². The maximum Gasteiger partial charge on any atom is 0.141 e. The Balaban J connectivity index is 2.64. The van der Waals surface area contributed by atoms with E-state index >= 15 is 0 Å². The minimum atomic E-state index is -0.504. The second-order valence-electron chi connectivity index (χ2n) is 3.42. The number of halogens is 3. The van der Waals surface area contributed by atoms with Gasteiger partial charge in [-0.2, -0.15) is 0 Å². The summed E-state index contributed by atoms with van der Waals surface area (Å²) in [5.74, 6) is -0.504. The molecule has 0 radical (unpaired) electrons. The van der Waals surface area contributed by atoms with E-state index in [4.69, 9.17) is 23.2 Å². The third-order valence-electron chi connectivity index (χ3n) is 2.31. The lowest BCUT2D eigenvalue weighted by Gasteiger charge is -2.09. The van der Waals surface area contributed by atoms with Crippen molar-refractivity contribution in [1.29, 1.82) is 0 Å². The lowest BCUT2D eigenvalue weighted by Crippen LogP contribution is -1.95. The molecule has 5 heteroatoms. The molecule has 2 rings (SSSR count). The fourth-order valence-corrected chi connectivity index (χ4v) is 1.92. The van der Waals surface area contributed by atoms with E-state index in [2.05, 4.69) is 4.98 Å². The molecule has 0 fully saturated rings. The van der Waals surface area contributed by atoms with Gasteiger partial charge in [-0.05, 0) is 12.1 Å². The van der Waals surface area contributed by atoms with E-state index in [1.165, 1.54) is 6.07 Å². The smallest absolute Gasteiger partial charge is 0.141 e. The highest BCUT2D eigenvalue weighted by Gasteiger charge is 2.12. The number of aliphatic hydroxyl groups excluding tert-OH is 1.